The maximum Gasteiger partial charge on any atom is 0.323 e. The number of aliphatic carboxylic acids is 1. The summed E-state index contributed by atoms with van der Waals surface area (Å²) in [6, 6.07) is 8.90. The van der Waals surface area contributed by atoms with Crippen molar-refractivity contribution in [1.29, 1.82) is 0 Å². The summed E-state index contributed by atoms with van der Waals surface area (Å²) in [4.78, 5) is 24.0. The van der Waals surface area contributed by atoms with Gasteiger partial charge >= 0.3 is 5.97 Å². The molecule has 0 unspecified atom stereocenters. The normalized spacial score (nSPS) is 9.94. The molecular weight excluding hydrogens is 218 g/mol. The van der Waals surface area contributed by atoms with E-state index in [-0.39, 0.29) is 12.5 Å². The molecular formula is C13H17NO3. The molecule has 0 fully saturated rings. The Hall–Kier alpha value is -1.84. The third-order valence-corrected chi connectivity index (χ3v) is 2.41. The van der Waals surface area contributed by atoms with Gasteiger partial charge in [0.2, 0.25) is 5.91 Å². The van der Waals surface area contributed by atoms with Crippen molar-refractivity contribution in [2.45, 2.75) is 26.2 Å². The van der Waals surface area contributed by atoms with Gasteiger partial charge < -0.3 is 10.0 Å². The van der Waals surface area contributed by atoms with Crippen LogP contribution in [-0.2, 0) is 9.59 Å². The molecule has 1 aromatic carbocycles. The highest BCUT2D eigenvalue weighted by molar-refractivity contribution is 5.97. The zero-order valence-electron chi connectivity index (χ0n) is 9.93. The highest BCUT2D eigenvalue weighted by Gasteiger charge is 2.17. The van der Waals surface area contributed by atoms with Gasteiger partial charge in [-0.3, -0.25) is 9.59 Å². The molecule has 0 aliphatic carbocycles. The van der Waals surface area contributed by atoms with E-state index in [0.29, 0.717) is 12.1 Å². The average Bonchev–Trinajstić information content (AvgIpc) is 2.34. The maximum absolute atomic E-state index is 11.9. The molecule has 0 radical (unpaired) electrons. The van der Waals surface area contributed by atoms with E-state index in [2.05, 4.69) is 0 Å². The molecule has 0 saturated carbocycles. The number of amides is 1. The average molecular weight is 235 g/mol. The van der Waals surface area contributed by atoms with E-state index in [4.69, 9.17) is 5.11 Å². The smallest absolute Gasteiger partial charge is 0.323 e. The molecule has 17 heavy (non-hydrogen) atoms. The van der Waals surface area contributed by atoms with Crippen LogP contribution < -0.4 is 4.90 Å². The van der Waals surface area contributed by atoms with Crippen LogP contribution in [0.2, 0.25) is 0 Å². The third-order valence-electron chi connectivity index (χ3n) is 2.41. The van der Waals surface area contributed by atoms with Crippen molar-refractivity contribution >= 4 is 17.6 Å². The highest BCUT2D eigenvalue weighted by atomic mass is 16.4. The summed E-state index contributed by atoms with van der Waals surface area (Å²) >= 11 is 0. The van der Waals surface area contributed by atoms with Gasteiger partial charge in [-0.1, -0.05) is 31.5 Å². The van der Waals surface area contributed by atoms with Gasteiger partial charge in [0.05, 0.1) is 0 Å². The molecule has 4 heteroatoms. The van der Waals surface area contributed by atoms with Gasteiger partial charge in [0.15, 0.2) is 0 Å². The van der Waals surface area contributed by atoms with Gasteiger partial charge in [0, 0.05) is 12.1 Å². The summed E-state index contributed by atoms with van der Waals surface area (Å²) in [7, 11) is 0. The number of anilines is 1. The topological polar surface area (TPSA) is 57.6 Å². The van der Waals surface area contributed by atoms with Crippen molar-refractivity contribution in [2.75, 3.05) is 11.4 Å². The van der Waals surface area contributed by atoms with E-state index >= 15 is 0 Å². The van der Waals surface area contributed by atoms with Crippen LogP contribution in [0, 0.1) is 0 Å². The second-order valence-electron chi connectivity index (χ2n) is 3.81. The van der Waals surface area contributed by atoms with Gasteiger partial charge in [0.25, 0.3) is 0 Å². The monoisotopic (exact) mass is 235 g/mol. The predicted octanol–water partition coefficient (Wildman–Crippen LogP) is 2.29. The first-order chi connectivity index (χ1) is 8.15. The number of carbonyl (C=O) groups is 2. The Bertz CT molecular complexity index is 376. The van der Waals surface area contributed by atoms with Crippen molar-refractivity contribution < 1.29 is 14.7 Å². The number of carbonyl (C=O) groups excluding carboxylic acids is 1. The molecule has 92 valence electrons. The van der Waals surface area contributed by atoms with Crippen LogP contribution in [0.15, 0.2) is 30.3 Å². The van der Waals surface area contributed by atoms with Gasteiger partial charge in [-0.15, -0.1) is 0 Å². The summed E-state index contributed by atoms with van der Waals surface area (Å²) in [6.07, 6.45) is 2.09. The Balaban J connectivity index is 2.80. The lowest BCUT2D eigenvalue weighted by molar-refractivity contribution is -0.136. The number of hydrogen-bond acceptors (Lipinski definition) is 2. The number of benzene rings is 1. The summed E-state index contributed by atoms with van der Waals surface area (Å²) in [6.45, 7) is 1.71. The molecule has 1 N–H and O–H groups in total. The molecule has 1 amide bonds. The number of carboxylic acid groups (broad SMARTS) is 1. The number of hydrogen-bond donors (Lipinski definition) is 1. The number of para-hydroxylation sites is 1. The molecule has 4 nitrogen and oxygen atoms in total. The predicted molar refractivity (Wildman–Crippen MR) is 66.0 cm³/mol. The fourth-order valence-electron chi connectivity index (χ4n) is 1.53. The number of rotatable bonds is 6. The molecule has 0 atom stereocenters. The fraction of sp³-hybridized carbons (Fsp3) is 0.385. The van der Waals surface area contributed by atoms with E-state index in [1.165, 1.54) is 4.90 Å². The molecule has 1 aromatic rings. The zero-order valence-corrected chi connectivity index (χ0v) is 9.93. The molecule has 1 rings (SSSR count). The van der Waals surface area contributed by atoms with Crippen molar-refractivity contribution in [1.82, 2.24) is 0 Å². The Morgan fingerprint density at radius 3 is 2.41 bits per heavy atom. The molecule has 0 spiro atoms. The van der Waals surface area contributed by atoms with Gasteiger partial charge in [0.1, 0.15) is 6.54 Å². The zero-order chi connectivity index (χ0) is 12.7. The second kappa shape index (κ2) is 6.68. The third kappa shape index (κ3) is 4.26. The van der Waals surface area contributed by atoms with Gasteiger partial charge in [-0.05, 0) is 18.6 Å². The lowest BCUT2D eigenvalue weighted by Gasteiger charge is -2.20. The second-order valence-corrected chi connectivity index (χ2v) is 3.81. The quantitative estimate of drug-likeness (QED) is 0.823. The Labute approximate surface area is 101 Å². The minimum Gasteiger partial charge on any atom is -0.480 e. The first-order valence-corrected chi connectivity index (χ1v) is 5.72. The van der Waals surface area contributed by atoms with Gasteiger partial charge in [-0.25, -0.2) is 0 Å². The lowest BCUT2D eigenvalue weighted by atomic mass is 10.2. The van der Waals surface area contributed by atoms with Crippen LogP contribution in [0.4, 0.5) is 5.69 Å². The van der Waals surface area contributed by atoms with E-state index in [9.17, 15) is 9.59 Å². The summed E-state index contributed by atoms with van der Waals surface area (Å²) in [5, 5.41) is 8.83. The molecule has 0 aromatic heterocycles. The van der Waals surface area contributed by atoms with Crippen LogP contribution in [0.1, 0.15) is 26.2 Å². The first kappa shape index (κ1) is 13.2. The van der Waals surface area contributed by atoms with E-state index < -0.39 is 5.97 Å². The Morgan fingerprint density at radius 2 is 1.88 bits per heavy atom. The fourth-order valence-corrected chi connectivity index (χ4v) is 1.53. The number of carboxylic acids is 1. The Morgan fingerprint density at radius 1 is 1.24 bits per heavy atom. The molecule has 0 bridgehead atoms. The van der Waals surface area contributed by atoms with Crippen molar-refractivity contribution in [3.63, 3.8) is 0 Å². The van der Waals surface area contributed by atoms with E-state index in [0.717, 1.165) is 12.8 Å². The van der Waals surface area contributed by atoms with Crippen molar-refractivity contribution in [2.24, 2.45) is 0 Å². The Kier molecular flexibility index (Phi) is 5.20. The van der Waals surface area contributed by atoms with E-state index in [1.807, 2.05) is 13.0 Å². The van der Waals surface area contributed by atoms with Crippen molar-refractivity contribution in [3.8, 4) is 0 Å². The standard InChI is InChI=1S/C13H17NO3/c1-2-3-9-12(15)14(10-13(16)17)11-7-5-4-6-8-11/h4-8H,2-3,9-10H2,1H3,(H,16,17). The molecule has 0 aliphatic heterocycles. The SMILES string of the molecule is CCCCC(=O)N(CC(=O)O)c1ccccc1. The summed E-state index contributed by atoms with van der Waals surface area (Å²) in [5.74, 6) is -1.14. The molecule has 0 saturated heterocycles. The lowest BCUT2D eigenvalue weighted by Crippen LogP contribution is -2.35. The van der Waals surface area contributed by atoms with Crippen LogP contribution in [-0.4, -0.2) is 23.5 Å². The molecule has 0 heterocycles. The summed E-state index contributed by atoms with van der Waals surface area (Å²) < 4.78 is 0. The summed E-state index contributed by atoms with van der Waals surface area (Å²) in [5.41, 5.74) is 0.635. The van der Waals surface area contributed by atoms with Crippen molar-refractivity contribution in [3.05, 3.63) is 30.3 Å². The minimum atomic E-state index is -1.00. The largest absolute Gasteiger partial charge is 0.480 e. The van der Waals surface area contributed by atoms with Crippen LogP contribution in [0.3, 0.4) is 0 Å². The minimum absolute atomic E-state index is 0.138. The van der Waals surface area contributed by atoms with Crippen LogP contribution in [0.25, 0.3) is 0 Å². The maximum atomic E-state index is 11.9. The van der Waals surface area contributed by atoms with Crippen LogP contribution >= 0.6 is 0 Å². The number of nitrogens with zero attached hydrogens (tertiary/aromatic N) is 1. The van der Waals surface area contributed by atoms with Gasteiger partial charge in [-0.2, -0.15) is 0 Å². The highest BCUT2D eigenvalue weighted by Crippen LogP contribution is 2.15. The van der Waals surface area contributed by atoms with Crippen LogP contribution in [0.5, 0.6) is 0 Å². The first-order valence-electron chi connectivity index (χ1n) is 5.72. The van der Waals surface area contributed by atoms with E-state index in [1.54, 1.807) is 24.3 Å². The number of unbranched alkanes of at least 4 members (excludes halogenated alkanes) is 1. The molecule has 0 aliphatic rings.